The zero-order chi connectivity index (χ0) is 9.99. The van der Waals surface area contributed by atoms with Crippen LogP contribution in [0.3, 0.4) is 0 Å². The third kappa shape index (κ3) is 11.7. The van der Waals surface area contributed by atoms with Crippen molar-refractivity contribution in [2.24, 2.45) is 0 Å². The van der Waals surface area contributed by atoms with Gasteiger partial charge in [-0.15, -0.1) is 3.89 Å². The number of rotatable bonds is 1. The molecule has 0 aliphatic heterocycles. The summed E-state index contributed by atoms with van der Waals surface area (Å²) in [7, 11) is -5.15. The van der Waals surface area contributed by atoms with E-state index >= 15 is 0 Å². The van der Waals surface area contributed by atoms with Gasteiger partial charge < -0.3 is 9.46 Å². The van der Waals surface area contributed by atoms with Gasteiger partial charge in [0.1, 0.15) is 5.60 Å². The quantitative estimate of drug-likeness (QED) is 0.386. The average Bonchev–Trinajstić information content (AvgIpc) is 1.49. The Bertz CT molecular complexity index is 271. The van der Waals surface area contributed by atoms with E-state index in [-0.39, 0.29) is 18.9 Å². The molecule has 0 unspecified atom stereocenters. The van der Waals surface area contributed by atoms with Gasteiger partial charge in [0.15, 0.2) is 0 Å². The summed E-state index contributed by atoms with van der Waals surface area (Å²) in [5.74, 6) is 0. The molecule has 0 spiro atoms. The summed E-state index contributed by atoms with van der Waals surface area (Å²) < 4.78 is 37.8. The molecule has 0 aliphatic carbocycles. The molecule has 0 aromatic heterocycles. The van der Waals surface area contributed by atoms with E-state index in [9.17, 15) is 17.1 Å². The minimum Gasteiger partial charge on any atom is -0.483 e. The number of carbonyl (C=O) groups excluding carboxylic acids is 1. The van der Waals surface area contributed by atoms with E-state index < -0.39 is 22.1 Å². The van der Waals surface area contributed by atoms with Crippen LogP contribution in [0.2, 0.25) is 0 Å². The molecule has 0 fully saturated rings. The molecule has 0 saturated heterocycles. The predicted octanol–water partition coefficient (Wildman–Crippen LogP) is -1.49. The van der Waals surface area contributed by atoms with Crippen LogP contribution in [0.1, 0.15) is 20.8 Å². The van der Waals surface area contributed by atoms with Crippen molar-refractivity contribution in [2.75, 3.05) is 0 Å². The summed E-state index contributed by atoms with van der Waals surface area (Å²) in [5, 5.41) is 0. The van der Waals surface area contributed by atoms with Crippen molar-refractivity contribution in [1.82, 2.24) is 0 Å². The van der Waals surface area contributed by atoms with Gasteiger partial charge in [0, 0.05) is 0 Å². The summed E-state index contributed by atoms with van der Waals surface area (Å²) in [5.41, 5.74) is -0.884. The molecule has 5 nitrogen and oxygen atoms in total. The number of carbonyl (C=O) groups is 1. The second-order valence-corrected chi connectivity index (χ2v) is 3.99. The van der Waals surface area contributed by atoms with E-state index in [0.717, 1.165) is 0 Å². The van der Waals surface area contributed by atoms with Gasteiger partial charge in [-0.25, -0.2) is 8.42 Å². The van der Waals surface area contributed by atoms with Gasteiger partial charge in [-0.2, -0.15) is 0 Å². The fraction of sp³-hybridized carbons (Fsp3) is 0.800. The minimum absolute atomic E-state index is 0. The summed E-state index contributed by atoms with van der Waals surface area (Å²) in [6, 6.07) is 0. The second kappa shape index (κ2) is 4.84. The molecule has 0 aromatic carbocycles. The molecule has 72 valence electrons. The van der Waals surface area contributed by atoms with Crippen LogP contribution in [0, 0.1) is 0 Å². The SMILES string of the molecule is CC(C)(C)OC(=O)[N-]S(=O)(=O)F.[Li+]. The van der Waals surface area contributed by atoms with Gasteiger partial charge in [-0.3, -0.25) is 4.79 Å². The summed E-state index contributed by atoms with van der Waals surface area (Å²) in [6.07, 6.45) is -1.45. The molecule has 0 heterocycles. The number of ether oxygens (including phenoxy) is 1. The van der Waals surface area contributed by atoms with Crippen molar-refractivity contribution in [2.45, 2.75) is 26.4 Å². The Labute approximate surface area is 88.5 Å². The maximum absolute atomic E-state index is 11.7. The van der Waals surface area contributed by atoms with Crippen LogP contribution in [0.4, 0.5) is 8.68 Å². The number of nitrogens with zero attached hydrogens (tertiary/aromatic N) is 1. The molecule has 0 N–H and O–H groups in total. The Kier molecular flexibility index (Phi) is 5.67. The van der Waals surface area contributed by atoms with Crippen molar-refractivity contribution in [3.8, 4) is 0 Å². The van der Waals surface area contributed by atoms with Crippen LogP contribution < -0.4 is 18.9 Å². The summed E-state index contributed by atoms with van der Waals surface area (Å²) >= 11 is 0. The molecule has 1 amide bonds. The van der Waals surface area contributed by atoms with Crippen LogP contribution in [-0.2, 0) is 15.1 Å². The molecule has 0 bridgehead atoms. The van der Waals surface area contributed by atoms with Crippen LogP contribution in [-0.4, -0.2) is 20.1 Å². The molecule has 0 rings (SSSR count). The van der Waals surface area contributed by atoms with Crippen LogP contribution >= 0.6 is 0 Å². The maximum Gasteiger partial charge on any atom is 1.00 e. The fourth-order valence-corrected chi connectivity index (χ4v) is 0.585. The van der Waals surface area contributed by atoms with Crippen LogP contribution in [0.25, 0.3) is 4.72 Å². The predicted molar refractivity (Wildman–Crippen MR) is 39.6 cm³/mol. The molecular formula is C5H9FLiNO4S. The Balaban J connectivity index is 0. The Hall–Kier alpha value is -0.253. The van der Waals surface area contributed by atoms with E-state index in [2.05, 4.69) is 9.46 Å². The van der Waals surface area contributed by atoms with Crippen LogP contribution in [0.15, 0.2) is 0 Å². The van der Waals surface area contributed by atoms with E-state index in [1.807, 2.05) is 0 Å². The summed E-state index contributed by atoms with van der Waals surface area (Å²) in [6.45, 7) is 4.52. The monoisotopic (exact) mass is 205 g/mol. The van der Waals surface area contributed by atoms with Crippen LogP contribution in [0.5, 0.6) is 0 Å². The first-order valence-electron chi connectivity index (χ1n) is 3.01. The number of amides is 1. The first-order chi connectivity index (χ1) is 5.10. The molecular weight excluding hydrogens is 196 g/mol. The number of halogens is 1. The molecule has 8 heteroatoms. The molecule has 0 aliphatic rings. The Morgan fingerprint density at radius 1 is 1.38 bits per heavy atom. The van der Waals surface area contributed by atoms with E-state index in [4.69, 9.17) is 0 Å². The maximum atomic E-state index is 11.7. The van der Waals surface area contributed by atoms with E-state index in [1.54, 1.807) is 0 Å². The summed E-state index contributed by atoms with van der Waals surface area (Å²) in [4.78, 5) is 10.5. The molecule has 0 aromatic rings. The minimum atomic E-state index is -5.15. The van der Waals surface area contributed by atoms with Gasteiger partial charge in [0.05, 0.1) is 0 Å². The Morgan fingerprint density at radius 2 is 1.77 bits per heavy atom. The normalized spacial score (nSPS) is 11.4. The van der Waals surface area contributed by atoms with Crippen molar-refractivity contribution in [3.05, 3.63) is 4.72 Å². The van der Waals surface area contributed by atoms with Gasteiger partial charge in [-0.1, -0.05) is 0 Å². The van der Waals surface area contributed by atoms with E-state index in [0.29, 0.717) is 0 Å². The molecule has 0 saturated carbocycles. The van der Waals surface area contributed by atoms with Crippen molar-refractivity contribution in [3.63, 3.8) is 0 Å². The van der Waals surface area contributed by atoms with Gasteiger partial charge in [0.25, 0.3) is 10.4 Å². The topological polar surface area (TPSA) is 74.5 Å². The van der Waals surface area contributed by atoms with Crippen molar-refractivity contribution in [1.29, 1.82) is 0 Å². The smallest absolute Gasteiger partial charge is 0.483 e. The first-order valence-corrected chi connectivity index (χ1v) is 4.35. The molecule has 0 atom stereocenters. The zero-order valence-electron chi connectivity index (χ0n) is 7.87. The number of hydrogen-bond donors (Lipinski definition) is 0. The fourth-order valence-electron chi connectivity index (χ4n) is 0.370. The van der Waals surface area contributed by atoms with Gasteiger partial charge >= 0.3 is 18.9 Å². The largest absolute Gasteiger partial charge is 1.00 e. The first kappa shape index (κ1) is 15.2. The third-order valence-corrected chi connectivity index (χ3v) is 0.944. The van der Waals surface area contributed by atoms with Crippen molar-refractivity contribution < 1.29 is 40.7 Å². The van der Waals surface area contributed by atoms with E-state index in [1.165, 1.54) is 20.8 Å². The molecule has 0 radical (unpaired) electrons. The van der Waals surface area contributed by atoms with Gasteiger partial charge in [0.2, 0.25) is 6.09 Å². The van der Waals surface area contributed by atoms with Crippen molar-refractivity contribution >= 4 is 16.5 Å². The molecule has 13 heavy (non-hydrogen) atoms. The average molecular weight is 205 g/mol. The zero-order valence-corrected chi connectivity index (χ0v) is 8.68. The standard InChI is InChI=1S/C5H10FNO4S.Li/c1-5(2,3)11-4(8)7-12(6,9)10;/h1-3H3,(H,7,8);/q;+1/p-1. The second-order valence-electron chi connectivity index (χ2n) is 2.98. The third-order valence-electron chi connectivity index (χ3n) is 0.577. The van der Waals surface area contributed by atoms with Gasteiger partial charge in [-0.05, 0) is 20.8 Å². The number of hydrogen-bond acceptors (Lipinski definition) is 4. The Morgan fingerprint density at radius 3 is 2.00 bits per heavy atom.